The maximum Gasteiger partial charge on any atom is 0.321 e. The molecule has 1 fully saturated rings. The van der Waals surface area contributed by atoms with Crippen molar-refractivity contribution in [1.29, 1.82) is 0 Å². The third kappa shape index (κ3) is 4.58. The highest BCUT2D eigenvalue weighted by atomic mass is 16.5. The summed E-state index contributed by atoms with van der Waals surface area (Å²) in [6.45, 7) is 5.76. The predicted molar refractivity (Wildman–Crippen MR) is 94.2 cm³/mol. The summed E-state index contributed by atoms with van der Waals surface area (Å²) in [4.78, 5) is 16.6. The van der Waals surface area contributed by atoms with Crippen LogP contribution >= 0.6 is 0 Å². The molecule has 1 aliphatic heterocycles. The number of ether oxygens (including phenoxy) is 1. The van der Waals surface area contributed by atoms with Crippen molar-refractivity contribution in [3.8, 4) is 0 Å². The first-order valence-corrected chi connectivity index (χ1v) is 8.46. The quantitative estimate of drug-likeness (QED) is 0.903. The van der Waals surface area contributed by atoms with Gasteiger partial charge in [-0.1, -0.05) is 17.3 Å². The SMILES string of the molecule is CO[C@@H](C)c1cccc(NC(=O)N2CCN(Cc3ccon3)CC2)c1. The lowest BCUT2D eigenvalue weighted by Crippen LogP contribution is -2.49. The second kappa shape index (κ2) is 8.13. The minimum Gasteiger partial charge on any atom is -0.377 e. The molecule has 0 aliphatic carbocycles. The molecule has 2 aromatic rings. The molecule has 1 aromatic heterocycles. The molecular formula is C18H24N4O3. The van der Waals surface area contributed by atoms with Crippen LogP contribution in [0.2, 0.25) is 0 Å². The van der Waals surface area contributed by atoms with Crippen LogP contribution in [0.4, 0.5) is 10.5 Å². The van der Waals surface area contributed by atoms with Crippen molar-refractivity contribution in [2.45, 2.75) is 19.6 Å². The summed E-state index contributed by atoms with van der Waals surface area (Å²) in [7, 11) is 1.68. The topological polar surface area (TPSA) is 70.8 Å². The van der Waals surface area contributed by atoms with Crippen LogP contribution in [0.5, 0.6) is 0 Å². The van der Waals surface area contributed by atoms with Gasteiger partial charge in [0.1, 0.15) is 6.26 Å². The molecule has 134 valence electrons. The summed E-state index contributed by atoms with van der Waals surface area (Å²) < 4.78 is 10.2. The highest BCUT2D eigenvalue weighted by molar-refractivity contribution is 5.89. The Labute approximate surface area is 147 Å². The minimum absolute atomic E-state index is 0.00284. The highest BCUT2D eigenvalue weighted by Gasteiger charge is 2.21. The van der Waals surface area contributed by atoms with Crippen molar-refractivity contribution in [2.24, 2.45) is 0 Å². The predicted octanol–water partition coefficient (Wildman–Crippen LogP) is 2.73. The summed E-state index contributed by atoms with van der Waals surface area (Å²) in [6.07, 6.45) is 1.58. The van der Waals surface area contributed by atoms with Gasteiger partial charge in [-0.15, -0.1) is 0 Å². The number of anilines is 1. The number of nitrogens with one attached hydrogen (secondary N) is 1. The zero-order valence-corrected chi connectivity index (χ0v) is 14.6. The highest BCUT2D eigenvalue weighted by Crippen LogP contribution is 2.20. The van der Waals surface area contributed by atoms with Crippen LogP contribution in [0, 0.1) is 0 Å². The second-order valence-corrected chi connectivity index (χ2v) is 6.19. The fourth-order valence-corrected chi connectivity index (χ4v) is 2.87. The van der Waals surface area contributed by atoms with E-state index in [0.29, 0.717) is 13.1 Å². The van der Waals surface area contributed by atoms with Crippen LogP contribution in [0.1, 0.15) is 24.3 Å². The van der Waals surface area contributed by atoms with Crippen LogP contribution < -0.4 is 5.32 Å². The van der Waals surface area contributed by atoms with E-state index < -0.39 is 0 Å². The van der Waals surface area contributed by atoms with Gasteiger partial charge < -0.3 is 19.5 Å². The van der Waals surface area contributed by atoms with Crippen LogP contribution in [0.15, 0.2) is 41.1 Å². The Morgan fingerprint density at radius 3 is 2.80 bits per heavy atom. The van der Waals surface area contributed by atoms with Crippen molar-refractivity contribution in [3.63, 3.8) is 0 Å². The molecule has 1 aliphatic rings. The molecule has 0 spiro atoms. The zero-order valence-electron chi connectivity index (χ0n) is 14.6. The van der Waals surface area contributed by atoms with Gasteiger partial charge in [0.25, 0.3) is 0 Å². The van der Waals surface area contributed by atoms with Gasteiger partial charge in [-0.25, -0.2) is 4.79 Å². The number of aromatic nitrogens is 1. The number of amides is 2. The van der Waals surface area contributed by atoms with Gasteiger partial charge in [-0.3, -0.25) is 4.90 Å². The van der Waals surface area contributed by atoms with Crippen molar-refractivity contribution in [2.75, 3.05) is 38.6 Å². The number of carbonyl (C=O) groups is 1. The first-order chi connectivity index (χ1) is 12.2. The second-order valence-electron chi connectivity index (χ2n) is 6.19. The first-order valence-electron chi connectivity index (χ1n) is 8.46. The summed E-state index contributed by atoms with van der Waals surface area (Å²) in [5, 5.41) is 6.91. The van der Waals surface area contributed by atoms with Crippen LogP contribution in [0.3, 0.4) is 0 Å². The summed E-state index contributed by atoms with van der Waals surface area (Å²) in [5.41, 5.74) is 2.75. The van der Waals surface area contributed by atoms with Gasteiger partial charge in [0.05, 0.1) is 11.8 Å². The number of rotatable bonds is 5. The number of hydrogen-bond donors (Lipinski definition) is 1. The molecule has 2 heterocycles. The number of urea groups is 1. The van der Waals surface area contributed by atoms with E-state index >= 15 is 0 Å². The number of piperazine rings is 1. The molecule has 0 bridgehead atoms. The Morgan fingerprint density at radius 2 is 2.12 bits per heavy atom. The van der Waals surface area contributed by atoms with Crippen molar-refractivity contribution >= 4 is 11.7 Å². The molecular weight excluding hydrogens is 320 g/mol. The van der Waals surface area contributed by atoms with Crippen molar-refractivity contribution in [3.05, 3.63) is 47.9 Å². The monoisotopic (exact) mass is 344 g/mol. The molecule has 0 saturated carbocycles. The largest absolute Gasteiger partial charge is 0.377 e. The summed E-state index contributed by atoms with van der Waals surface area (Å²) in [5.74, 6) is 0. The average molecular weight is 344 g/mol. The van der Waals surface area contributed by atoms with Crippen molar-refractivity contribution in [1.82, 2.24) is 15.0 Å². The lowest BCUT2D eigenvalue weighted by molar-refractivity contribution is 0.119. The molecule has 25 heavy (non-hydrogen) atoms. The molecule has 7 nitrogen and oxygen atoms in total. The number of nitrogens with zero attached hydrogens (tertiary/aromatic N) is 3. The molecule has 1 atom stereocenters. The third-order valence-corrected chi connectivity index (χ3v) is 4.50. The summed E-state index contributed by atoms with van der Waals surface area (Å²) in [6, 6.07) is 9.57. The minimum atomic E-state index is -0.0664. The van der Waals surface area contributed by atoms with Gasteiger partial charge in [-0.2, -0.15) is 0 Å². The van der Waals surface area contributed by atoms with Gasteiger partial charge in [0, 0.05) is 51.6 Å². The van der Waals surface area contributed by atoms with E-state index in [1.165, 1.54) is 0 Å². The fraction of sp³-hybridized carbons (Fsp3) is 0.444. The van der Waals surface area contributed by atoms with E-state index in [-0.39, 0.29) is 12.1 Å². The standard InChI is InChI=1S/C18H24N4O3/c1-14(24-2)15-4-3-5-16(12-15)19-18(23)22-9-7-21(8-10-22)13-17-6-11-25-20-17/h3-6,11-12,14H,7-10,13H2,1-2H3,(H,19,23)/t14-/m0/s1. The smallest absolute Gasteiger partial charge is 0.321 e. The lowest BCUT2D eigenvalue weighted by Gasteiger charge is -2.34. The molecule has 1 aromatic carbocycles. The lowest BCUT2D eigenvalue weighted by atomic mass is 10.1. The molecule has 0 unspecified atom stereocenters. The van der Waals surface area contributed by atoms with E-state index in [2.05, 4.69) is 15.4 Å². The number of methoxy groups -OCH3 is 1. The van der Waals surface area contributed by atoms with Crippen molar-refractivity contribution < 1.29 is 14.1 Å². The molecule has 0 radical (unpaired) electrons. The van der Waals surface area contributed by atoms with Crippen LogP contribution in [-0.2, 0) is 11.3 Å². The Hall–Kier alpha value is -2.38. The molecule has 1 N–H and O–H groups in total. The number of hydrogen-bond acceptors (Lipinski definition) is 5. The maximum absolute atomic E-state index is 12.5. The average Bonchev–Trinajstić information content (AvgIpc) is 3.15. The van der Waals surface area contributed by atoms with Gasteiger partial charge in [0.15, 0.2) is 0 Å². The molecule has 3 rings (SSSR count). The van der Waals surface area contributed by atoms with E-state index in [9.17, 15) is 4.79 Å². The molecule has 7 heteroatoms. The van der Waals surface area contributed by atoms with E-state index in [1.807, 2.05) is 42.2 Å². The van der Waals surface area contributed by atoms with Crippen LogP contribution in [0.25, 0.3) is 0 Å². The normalized spacial score (nSPS) is 16.6. The number of carbonyl (C=O) groups excluding carboxylic acids is 1. The maximum atomic E-state index is 12.5. The Bertz CT molecular complexity index is 681. The van der Waals surface area contributed by atoms with E-state index in [4.69, 9.17) is 9.26 Å². The Morgan fingerprint density at radius 1 is 1.32 bits per heavy atom. The fourth-order valence-electron chi connectivity index (χ4n) is 2.87. The Balaban J connectivity index is 1.51. The van der Waals surface area contributed by atoms with Gasteiger partial charge in [-0.05, 0) is 24.6 Å². The molecule has 2 amide bonds. The zero-order chi connectivity index (χ0) is 17.6. The van der Waals surface area contributed by atoms with Gasteiger partial charge >= 0.3 is 6.03 Å². The summed E-state index contributed by atoms with van der Waals surface area (Å²) >= 11 is 0. The number of benzene rings is 1. The van der Waals surface area contributed by atoms with Crippen LogP contribution in [-0.4, -0.2) is 54.3 Å². The van der Waals surface area contributed by atoms with E-state index in [0.717, 1.165) is 36.6 Å². The van der Waals surface area contributed by atoms with E-state index in [1.54, 1.807) is 13.4 Å². The first kappa shape index (κ1) is 17.4. The van der Waals surface area contributed by atoms with Gasteiger partial charge in [0.2, 0.25) is 0 Å². The molecule has 1 saturated heterocycles. The Kier molecular flexibility index (Phi) is 5.67. The third-order valence-electron chi connectivity index (χ3n) is 4.50.